The van der Waals surface area contributed by atoms with Gasteiger partial charge in [-0.3, -0.25) is 4.79 Å². The minimum atomic E-state index is -1.88. The van der Waals surface area contributed by atoms with E-state index < -0.39 is 35.9 Å². The average Bonchev–Trinajstić information content (AvgIpc) is 2.67. The van der Waals surface area contributed by atoms with Crippen molar-refractivity contribution in [1.29, 1.82) is 0 Å². The van der Waals surface area contributed by atoms with E-state index in [1.54, 1.807) is 6.92 Å². The third-order valence-electron chi connectivity index (χ3n) is 3.24. The Morgan fingerprint density at radius 3 is 2.79 bits per heavy atom. The second-order valence-electron chi connectivity index (χ2n) is 4.38. The van der Waals surface area contributed by atoms with Gasteiger partial charge in [0.15, 0.2) is 12.4 Å². The van der Waals surface area contributed by atoms with Crippen LogP contribution in [0, 0.1) is 0 Å². The molecule has 0 unspecified atom stereocenters. The van der Waals surface area contributed by atoms with Crippen molar-refractivity contribution < 1.29 is 14.2 Å². The molecular formula is C11H16FN3O4. The second-order valence-corrected chi connectivity index (χ2v) is 4.38. The molecule has 1 aliphatic rings. The highest BCUT2D eigenvalue weighted by molar-refractivity contribution is 5.05. The van der Waals surface area contributed by atoms with Crippen molar-refractivity contribution in [3.05, 3.63) is 32.6 Å². The molecule has 2 rings (SSSR count). The fourth-order valence-corrected chi connectivity index (χ4v) is 2.12. The molecule has 4 N–H and O–H groups in total. The molecule has 2 heterocycles. The zero-order valence-electron chi connectivity index (χ0n) is 10.4. The predicted molar refractivity (Wildman–Crippen MR) is 64.6 cm³/mol. The van der Waals surface area contributed by atoms with Crippen LogP contribution in [-0.2, 0) is 11.2 Å². The van der Waals surface area contributed by atoms with Crippen LogP contribution in [0.5, 0.6) is 0 Å². The molecule has 0 amide bonds. The normalized spacial score (nSPS) is 30.7. The molecule has 0 saturated carbocycles. The Balaban J connectivity index is 2.49. The Bertz CT molecular complexity index is 570. The number of H-pyrrole nitrogens is 1. The minimum absolute atomic E-state index is 0.0990. The largest absolute Gasteiger partial charge is 0.387 e. The molecular weight excluding hydrogens is 257 g/mol. The highest BCUT2D eigenvalue weighted by Crippen LogP contribution is 2.29. The van der Waals surface area contributed by atoms with Crippen molar-refractivity contribution in [1.82, 2.24) is 9.55 Å². The number of hydrogen-bond donors (Lipinski definition) is 3. The summed E-state index contributed by atoms with van der Waals surface area (Å²) >= 11 is 0. The van der Waals surface area contributed by atoms with Crippen molar-refractivity contribution in [3.63, 3.8) is 0 Å². The summed E-state index contributed by atoms with van der Waals surface area (Å²) in [5.41, 5.74) is 4.27. The van der Waals surface area contributed by atoms with E-state index in [9.17, 15) is 19.1 Å². The van der Waals surface area contributed by atoms with E-state index >= 15 is 0 Å². The van der Waals surface area contributed by atoms with E-state index in [1.807, 2.05) is 0 Å². The van der Waals surface area contributed by atoms with Crippen LogP contribution >= 0.6 is 0 Å². The number of ether oxygens (including phenoxy) is 1. The molecule has 0 spiro atoms. The Labute approximate surface area is 107 Å². The first-order valence-corrected chi connectivity index (χ1v) is 6.02. The van der Waals surface area contributed by atoms with Crippen LogP contribution in [0.2, 0.25) is 0 Å². The summed E-state index contributed by atoms with van der Waals surface area (Å²) in [5.74, 6) is 0. The van der Waals surface area contributed by atoms with Crippen LogP contribution in [0.1, 0.15) is 18.7 Å². The van der Waals surface area contributed by atoms with Gasteiger partial charge < -0.3 is 20.6 Å². The maximum atomic E-state index is 14.0. The SMILES string of the molecule is CCc1c[nH]c(=O)n([C@@H]2O[C@H](CN)[C@@H](O)[C@@H]2F)c1=O. The minimum Gasteiger partial charge on any atom is -0.387 e. The van der Waals surface area contributed by atoms with E-state index in [-0.39, 0.29) is 6.54 Å². The van der Waals surface area contributed by atoms with E-state index in [1.165, 1.54) is 6.20 Å². The molecule has 1 saturated heterocycles. The summed E-state index contributed by atoms with van der Waals surface area (Å²) in [7, 11) is 0. The van der Waals surface area contributed by atoms with Crippen molar-refractivity contribution >= 4 is 0 Å². The third kappa shape index (κ3) is 2.22. The van der Waals surface area contributed by atoms with Gasteiger partial charge >= 0.3 is 5.69 Å². The monoisotopic (exact) mass is 273 g/mol. The van der Waals surface area contributed by atoms with Gasteiger partial charge in [-0.05, 0) is 6.42 Å². The van der Waals surface area contributed by atoms with Crippen molar-refractivity contribution in [2.75, 3.05) is 6.54 Å². The van der Waals surface area contributed by atoms with Gasteiger partial charge in [0, 0.05) is 18.3 Å². The smallest absolute Gasteiger partial charge is 0.330 e. The molecule has 1 aromatic rings. The number of aliphatic hydroxyl groups excluding tert-OH is 1. The number of halogens is 1. The van der Waals surface area contributed by atoms with Gasteiger partial charge in [-0.2, -0.15) is 0 Å². The zero-order valence-corrected chi connectivity index (χ0v) is 10.4. The van der Waals surface area contributed by atoms with Gasteiger partial charge in [-0.25, -0.2) is 13.8 Å². The third-order valence-corrected chi connectivity index (χ3v) is 3.24. The highest BCUT2D eigenvalue weighted by atomic mass is 19.1. The van der Waals surface area contributed by atoms with E-state index in [0.29, 0.717) is 16.6 Å². The van der Waals surface area contributed by atoms with Gasteiger partial charge in [0.2, 0.25) is 0 Å². The molecule has 0 radical (unpaired) electrons. The number of aryl methyl sites for hydroxylation is 1. The van der Waals surface area contributed by atoms with Crippen LogP contribution < -0.4 is 17.0 Å². The molecule has 1 aliphatic heterocycles. The maximum Gasteiger partial charge on any atom is 0.330 e. The average molecular weight is 273 g/mol. The lowest BCUT2D eigenvalue weighted by Gasteiger charge is -2.15. The number of rotatable bonds is 3. The van der Waals surface area contributed by atoms with Crippen LogP contribution in [0.25, 0.3) is 0 Å². The summed E-state index contributed by atoms with van der Waals surface area (Å²) in [4.78, 5) is 26.1. The van der Waals surface area contributed by atoms with Crippen molar-refractivity contribution in [2.24, 2.45) is 5.73 Å². The first-order valence-electron chi connectivity index (χ1n) is 6.02. The Hall–Kier alpha value is -1.51. The number of aromatic nitrogens is 2. The van der Waals surface area contributed by atoms with Crippen LogP contribution in [-0.4, -0.2) is 39.6 Å². The van der Waals surface area contributed by atoms with E-state index in [0.717, 1.165) is 0 Å². The Kier molecular flexibility index (Phi) is 3.83. The van der Waals surface area contributed by atoms with Gasteiger partial charge in [0.05, 0.1) is 0 Å². The van der Waals surface area contributed by atoms with Crippen LogP contribution in [0.3, 0.4) is 0 Å². The zero-order chi connectivity index (χ0) is 14.2. The summed E-state index contributed by atoms with van der Waals surface area (Å²) < 4.78 is 19.8. The molecule has 4 atom stereocenters. The van der Waals surface area contributed by atoms with E-state index in [2.05, 4.69) is 4.98 Å². The molecule has 19 heavy (non-hydrogen) atoms. The van der Waals surface area contributed by atoms with Crippen molar-refractivity contribution in [3.8, 4) is 0 Å². The first kappa shape index (κ1) is 13.9. The van der Waals surface area contributed by atoms with Gasteiger partial charge in [0.25, 0.3) is 5.56 Å². The number of aliphatic hydroxyl groups is 1. The number of alkyl halides is 1. The number of nitrogens with one attached hydrogen (secondary N) is 1. The molecule has 0 aromatic carbocycles. The second kappa shape index (κ2) is 5.24. The molecule has 1 aromatic heterocycles. The summed E-state index contributed by atoms with van der Waals surface area (Å²) in [6, 6.07) is 0. The molecule has 8 heteroatoms. The topological polar surface area (TPSA) is 110 Å². The quantitative estimate of drug-likeness (QED) is 0.631. The standard InChI is InChI=1S/C11H16FN3O4/c1-2-5-4-14-11(18)15(9(5)17)10-7(12)8(16)6(3-13)19-10/h4,6-8,10,16H,2-3,13H2,1H3,(H,14,18)/t6-,7+,8-,10-/m1/s1. The lowest BCUT2D eigenvalue weighted by atomic mass is 10.1. The fourth-order valence-electron chi connectivity index (χ4n) is 2.12. The number of nitrogens with two attached hydrogens (primary N) is 1. The van der Waals surface area contributed by atoms with Gasteiger partial charge in [-0.1, -0.05) is 6.92 Å². The van der Waals surface area contributed by atoms with Gasteiger partial charge in [0.1, 0.15) is 12.2 Å². The molecule has 0 aliphatic carbocycles. The van der Waals surface area contributed by atoms with E-state index in [4.69, 9.17) is 10.5 Å². The Morgan fingerprint density at radius 1 is 1.58 bits per heavy atom. The summed E-state index contributed by atoms with van der Waals surface area (Å²) in [6.45, 7) is 1.64. The fraction of sp³-hybridized carbons (Fsp3) is 0.636. The van der Waals surface area contributed by atoms with Gasteiger partial charge in [-0.15, -0.1) is 0 Å². The number of hydrogen-bond acceptors (Lipinski definition) is 5. The highest BCUT2D eigenvalue weighted by Gasteiger charge is 2.45. The summed E-state index contributed by atoms with van der Waals surface area (Å²) in [5, 5.41) is 9.59. The van der Waals surface area contributed by atoms with Crippen LogP contribution in [0.4, 0.5) is 4.39 Å². The molecule has 7 nitrogen and oxygen atoms in total. The summed E-state index contributed by atoms with van der Waals surface area (Å²) in [6.07, 6.45) is -4.03. The molecule has 1 fully saturated rings. The molecule has 0 bridgehead atoms. The molecule has 106 valence electrons. The maximum absolute atomic E-state index is 14.0. The predicted octanol–water partition coefficient (Wildman–Crippen LogP) is -1.35. The Morgan fingerprint density at radius 2 is 2.26 bits per heavy atom. The lowest BCUT2D eigenvalue weighted by Crippen LogP contribution is -2.42. The number of nitrogens with zero attached hydrogens (tertiary/aromatic N) is 1. The van der Waals surface area contributed by atoms with Crippen molar-refractivity contribution in [2.45, 2.75) is 38.0 Å². The lowest BCUT2D eigenvalue weighted by molar-refractivity contribution is -0.0243. The first-order chi connectivity index (χ1) is 9.01. The number of aromatic amines is 1. The van der Waals surface area contributed by atoms with Crippen LogP contribution in [0.15, 0.2) is 15.8 Å².